The Morgan fingerprint density at radius 1 is 1.00 bits per heavy atom. The largest absolute Gasteiger partial charge is 0.388 e. The van der Waals surface area contributed by atoms with Gasteiger partial charge in [0.05, 0.1) is 11.6 Å². The summed E-state index contributed by atoms with van der Waals surface area (Å²) in [7, 11) is 0. The van der Waals surface area contributed by atoms with Crippen LogP contribution in [-0.2, 0) is 6.42 Å². The fourth-order valence-electron chi connectivity index (χ4n) is 2.34. The topological polar surface area (TPSA) is 33.1 Å². The van der Waals surface area contributed by atoms with Crippen LogP contribution in [0.15, 0.2) is 60.8 Å². The number of benzene rings is 2. The van der Waals surface area contributed by atoms with Gasteiger partial charge in [0.1, 0.15) is 0 Å². The van der Waals surface area contributed by atoms with E-state index >= 15 is 0 Å². The van der Waals surface area contributed by atoms with Crippen LogP contribution in [0.1, 0.15) is 17.2 Å². The second kappa shape index (κ2) is 5.89. The minimum Gasteiger partial charge on any atom is -0.388 e. The molecular weight excluding hydrogens is 361 g/mol. The van der Waals surface area contributed by atoms with Crippen molar-refractivity contribution in [3.05, 3.63) is 75.5 Å². The van der Waals surface area contributed by atoms with Crippen molar-refractivity contribution in [1.82, 2.24) is 4.98 Å². The molecule has 3 rings (SSSR count). The van der Waals surface area contributed by atoms with Crippen LogP contribution < -0.4 is 0 Å². The number of fused-ring (bicyclic) bond motifs is 1. The van der Waals surface area contributed by atoms with Crippen LogP contribution in [0, 0.1) is 3.57 Å². The minimum absolute atomic E-state index is 0.488. The molecule has 0 bridgehead atoms. The maximum Gasteiger partial charge on any atom is 0.0830 e. The van der Waals surface area contributed by atoms with Gasteiger partial charge in [-0.1, -0.05) is 30.3 Å². The van der Waals surface area contributed by atoms with Gasteiger partial charge in [-0.25, -0.2) is 0 Å². The number of pyridine rings is 1. The molecule has 0 fully saturated rings. The molecule has 3 aromatic rings. The molecule has 1 aromatic heterocycles. The van der Waals surface area contributed by atoms with E-state index in [1.165, 1.54) is 3.57 Å². The first-order valence-electron chi connectivity index (χ1n) is 6.50. The molecule has 0 saturated carbocycles. The van der Waals surface area contributed by atoms with Crippen molar-refractivity contribution >= 4 is 33.5 Å². The number of aliphatic hydroxyl groups excluding tert-OH is 1. The standard InChI is InChI=1S/C17H14INO/c18-14-7-5-12(6-8-14)17(20)11-13-9-10-19-16-4-2-1-3-15(13)16/h1-10,17,20H,11H2. The quantitative estimate of drug-likeness (QED) is 0.699. The van der Waals surface area contributed by atoms with E-state index in [0.717, 1.165) is 22.0 Å². The fraction of sp³-hybridized carbons (Fsp3) is 0.118. The number of halogens is 1. The molecule has 0 radical (unpaired) electrons. The van der Waals surface area contributed by atoms with Crippen molar-refractivity contribution in [2.45, 2.75) is 12.5 Å². The summed E-state index contributed by atoms with van der Waals surface area (Å²) in [6.45, 7) is 0. The van der Waals surface area contributed by atoms with Crippen LogP contribution in [0.5, 0.6) is 0 Å². The average Bonchev–Trinajstić information content (AvgIpc) is 2.48. The van der Waals surface area contributed by atoms with Crippen molar-refractivity contribution < 1.29 is 5.11 Å². The van der Waals surface area contributed by atoms with Gasteiger partial charge in [0.2, 0.25) is 0 Å². The zero-order chi connectivity index (χ0) is 13.9. The number of aliphatic hydroxyl groups is 1. The monoisotopic (exact) mass is 375 g/mol. The van der Waals surface area contributed by atoms with E-state index in [1.807, 2.05) is 48.5 Å². The van der Waals surface area contributed by atoms with Gasteiger partial charge in [0.25, 0.3) is 0 Å². The molecule has 0 saturated heterocycles. The molecule has 20 heavy (non-hydrogen) atoms. The Hall–Kier alpha value is -1.46. The van der Waals surface area contributed by atoms with Crippen molar-refractivity contribution in [1.29, 1.82) is 0 Å². The van der Waals surface area contributed by atoms with E-state index in [4.69, 9.17) is 0 Å². The Balaban J connectivity index is 1.91. The third kappa shape index (κ3) is 2.83. The van der Waals surface area contributed by atoms with Crippen molar-refractivity contribution in [3.63, 3.8) is 0 Å². The first-order chi connectivity index (χ1) is 9.74. The highest BCUT2D eigenvalue weighted by molar-refractivity contribution is 14.1. The molecule has 1 N–H and O–H groups in total. The average molecular weight is 375 g/mol. The van der Waals surface area contributed by atoms with Crippen LogP contribution in [0.4, 0.5) is 0 Å². The minimum atomic E-state index is -0.488. The summed E-state index contributed by atoms with van der Waals surface area (Å²) >= 11 is 2.27. The molecule has 0 aliphatic heterocycles. The lowest BCUT2D eigenvalue weighted by molar-refractivity contribution is 0.179. The predicted octanol–water partition coefficient (Wildman–Crippen LogP) is 4.12. The van der Waals surface area contributed by atoms with Gasteiger partial charge in [-0.3, -0.25) is 4.98 Å². The third-order valence-corrected chi connectivity index (χ3v) is 4.13. The van der Waals surface area contributed by atoms with Gasteiger partial charge < -0.3 is 5.11 Å². The summed E-state index contributed by atoms with van der Waals surface area (Å²) < 4.78 is 1.17. The van der Waals surface area contributed by atoms with Crippen molar-refractivity contribution in [3.8, 4) is 0 Å². The molecule has 0 amide bonds. The zero-order valence-electron chi connectivity index (χ0n) is 10.8. The van der Waals surface area contributed by atoms with E-state index in [9.17, 15) is 5.11 Å². The van der Waals surface area contributed by atoms with Gasteiger partial charge >= 0.3 is 0 Å². The SMILES string of the molecule is OC(Cc1ccnc2ccccc12)c1ccc(I)cc1. The van der Waals surface area contributed by atoms with E-state index in [-0.39, 0.29) is 0 Å². The zero-order valence-corrected chi connectivity index (χ0v) is 13.0. The molecule has 3 heteroatoms. The first kappa shape index (κ1) is 13.5. The smallest absolute Gasteiger partial charge is 0.0830 e. The summed E-state index contributed by atoms with van der Waals surface area (Å²) in [4.78, 5) is 4.35. The lowest BCUT2D eigenvalue weighted by Gasteiger charge is -2.13. The molecule has 1 unspecified atom stereocenters. The Bertz CT molecular complexity index is 719. The second-order valence-electron chi connectivity index (χ2n) is 4.76. The lowest BCUT2D eigenvalue weighted by Crippen LogP contribution is -2.02. The van der Waals surface area contributed by atoms with E-state index in [2.05, 4.69) is 33.6 Å². The van der Waals surface area contributed by atoms with Crippen LogP contribution in [-0.4, -0.2) is 10.1 Å². The Labute approximate surface area is 131 Å². The summed E-state index contributed by atoms with van der Waals surface area (Å²) in [6.07, 6.45) is 1.92. The van der Waals surface area contributed by atoms with E-state index in [0.29, 0.717) is 6.42 Å². The second-order valence-corrected chi connectivity index (χ2v) is 6.00. The Kier molecular flexibility index (Phi) is 3.98. The van der Waals surface area contributed by atoms with E-state index < -0.39 is 6.10 Å². The molecule has 1 atom stereocenters. The van der Waals surface area contributed by atoms with Crippen molar-refractivity contribution in [2.75, 3.05) is 0 Å². The molecule has 0 spiro atoms. The highest BCUT2D eigenvalue weighted by Gasteiger charge is 2.10. The Morgan fingerprint density at radius 3 is 2.55 bits per heavy atom. The molecule has 2 nitrogen and oxygen atoms in total. The number of rotatable bonds is 3. The van der Waals surface area contributed by atoms with Crippen LogP contribution >= 0.6 is 22.6 Å². The van der Waals surface area contributed by atoms with E-state index in [1.54, 1.807) is 6.20 Å². The van der Waals surface area contributed by atoms with Gasteiger partial charge in [0.15, 0.2) is 0 Å². The fourth-order valence-corrected chi connectivity index (χ4v) is 2.70. The Morgan fingerprint density at radius 2 is 1.75 bits per heavy atom. The molecule has 1 heterocycles. The van der Waals surface area contributed by atoms with Crippen molar-refractivity contribution in [2.24, 2.45) is 0 Å². The third-order valence-electron chi connectivity index (χ3n) is 3.41. The van der Waals surface area contributed by atoms with Gasteiger partial charge in [-0.15, -0.1) is 0 Å². The highest BCUT2D eigenvalue weighted by atomic mass is 127. The first-order valence-corrected chi connectivity index (χ1v) is 7.58. The summed E-state index contributed by atoms with van der Waals surface area (Å²) in [6, 6.07) is 18.0. The maximum atomic E-state index is 10.4. The van der Waals surface area contributed by atoms with Gasteiger partial charge in [-0.05, 0) is 58.0 Å². The molecule has 2 aromatic carbocycles. The molecular formula is C17H14INO. The highest BCUT2D eigenvalue weighted by Crippen LogP contribution is 2.23. The van der Waals surface area contributed by atoms with Gasteiger partial charge in [-0.2, -0.15) is 0 Å². The van der Waals surface area contributed by atoms with Crippen LogP contribution in [0.25, 0.3) is 10.9 Å². The van der Waals surface area contributed by atoms with Crippen LogP contribution in [0.3, 0.4) is 0 Å². The number of para-hydroxylation sites is 1. The normalized spacial score (nSPS) is 12.5. The number of aromatic nitrogens is 1. The van der Waals surface area contributed by atoms with Gasteiger partial charge in [0, 0.05) is 21.6 Å². The number of hydrogen-bond acceptors (Lipinski definition) is 2. The lowest BCUT2D eigenvalue weighted by atomic mass is 9.99. The number of hydrogen-bond donors (Lipinski definition) is 1. The number of nitrogens with zero attached hydrogens (tertiary/aromatic N) is 1. The summed E-state index contributed by atoms with van der Waals surface area (Å²) in [5.41, 5.74) is 3.05. The summed E-state index contributed by atoms with van der Waals surface area (Å²) in [5.74, 6) is 0. The predicted molar refractivity (Wildman–Crippen MR) is 89.6 cm³/mol. The van der Waals surface area contributed by atoms with Crippen LogP contribution in [0.2, 0.25) is 0 Å². The summed E-state index contributed by atoms with van der Waals surface area (Å²) in [5, 5.41) is 11.5. The maximum absolute atomic E-state index is 10.4. The molecule has 0 aliphatic carbocycles. The molecule has 100 valence electrons. The molecule has 0 aliphatic rings.